The molecule has 0 aliphatic rings. The van der Waals surface area contributed by atoms with Crippen LogP contribution < -0.4 is 0 Å². The van der Waals surface area contributed by atoms with Gasteiger partial charge in [0.15, 0.2) is 0 Å². The second-order valence-electron chi connectivity index (χ2n) is 4.49. The minimum atomic E-state index is -0.0702. The van der Waals surface area contributed by atoms with Crippen LogP contribution in [0.5, 0.6) is 0 Å². The van der Waals surface area contributed by atoms with E-state index in [4.69, 9.17) is 4.52 Å². The van der Waals surface area contributed by atoms with Gasteiger partial charge in [-0.1, -0.05) is 33.2 Å². The molecule has 19 heavy (non-hydrogen) atoms. The first-order valence-corrected chi connectivity index (χ1v) is 6.71. The Morgan fingerprint density at radius 2 is 1.95 bits per heavy atom. The molecule has 0 bridgehead atoms. The summed E-state index contributed by atoms with van der Waals surface area (Å²) in [7, 11) is 1.77. The molecule has 0 aliphatic heterocycles. The smallest absolute Gasteiger partial charge is 0.259 e. The quantitative estimate of drug-likeness (QED) is 0.870. The summed E-state index contributed by atoms with van der Waals surface area (Å²) in [5.41, 5.74) is 2.26. The Morgan fingerprint density at radius 3 is 2.47 bits per heavy atom. The molecule has 0 atom stereocenters. The number of aromatic nitrogens is 1. The standard InChI is InChI=1S/C14H15BrN2O2/c1-9-13(10(2)19-16-9)14(18)17(3)8-11-4-6-12(15)7-5-11/h4-7H,8H2,1-3H3. The largest absolute Gasteiger partial charge is 0.361 e. The molecule has 1 amide bonds. The van der Waals surface area contributed by atoms with E-state index in [-0.39, 0.29) is 5.91 Å². The normalized spacial score (nSPS) is 10.5. The van der Waals surface area contributed by atoms with E-state index < -0.39 is 0 Å². The Labute approximate surface area is 120 Å². The lowest BCUT2D eigenvalue weighted by molar-refractivity contribution is 0.0782. The van der Waals surface area contributed by atoms with Crippen molar-refractivity contribution in [3.8, 4) is 0 Å². The van der Waals surface area contributed by atoms with Crippen molar-refractivity contribution in [2.45, 2.75) is 20.4 Å². The van der Waals surface area contributed by atoms with Gasteiger partial charge in [0.1, 0.15) is 11.3 Å². The number of hydrogen-bond acceptors (Lipinski definition) is 3. The average molecular weight is 323 g/mol. The van der Waals surface area contributed by atoms with Crippen molar-refractivity contribution in [2.75, 3.05) is 7.05 Å². The van der Waals surface area contributed by atoms with Crippen molar-refractivity contribution >= 4 is 21.8 Å². The Balaban J connectivity index is 2.14. The highest BCUT2D eigenvalue weighted by molar-refractivity contribution is 9.10. The molecular formula is C14H15BrN2O2. The number of aryl methyl sites for hydroxylation is 2. The molecule has 1 aromatic carbocycles. The van der Waals surface area contributed by atoms with E-state index >= 15 is 0 Å². The van der Waals surface area contributed by atoms with Gasteiger partial charge in [-0.15, -0.1) is 0 Å². The summed E-state index contributed by atoms with van der Waals surface area (Å²) in [6.45, 7) is 4.08. The molecular weight excluding hydrogens is 308 g/mol. The third kappa shape index (κ3) is 3.04. The zero-order valence-corrected chi connectivity index (χ0v) is 12.7. The molecule has 100 valence electrons. The van der Waals surface area contributed by atoms with Crippen molar-refractivity contribution in [2.24, 2.45) is 0 Å². The summed E-state index contributed by atoms with van der Waals surface area (Å²) in [5, 5.41) is 3.81. The van der Waals surface area contributed by atoms with Crippen molar-refractivity contribution < 1.29 is 9.32 Å². The summed E-state index contributed by atoms with van der Waals surface area (Å²) in [5.74, 6) is 0.490. The van der Waals surface area contributed by atoms with Crippen LogP contribution in [0, 0.1) is 13.8 Å². The number of halogens is 1. The Morgan fingerprint density at radius 1 is 1.32 bits per heavy atom. The molecule has 4 nitrogen and oxygen atoms in total. The van der Waals surface area contributed by atoms with E-state index in [2.05, 4.69) is 21.1 Å². The Kier molecular flexibility index (Phi) is 4.04. The fourth-order valence-corrected chi connectivity index (χ4v) is 2.18. The van der Waals surface area contributed by atoms with E-state index in [1.165, 1.54) is 0 Å². The Hall–Kier alpha value is -1.62. The highest BCUT2D eigenvalue weighted by Gasteiger charge is 2.20. The molecule has 5 heteroatoms. The van der Waals surface area contributed by atoms with Crippen molar-refractivity contribution in [1.82, 2.24) is 10.1 Å². The van der Waals surface area contributed by atoms with Crippen LogP contribution in [0.25, 0.3) is 0 Å². The zero-order chi connectivity index (χ0) is 14.0. The molecule has 2 rings (SSSR count). The van der Waals surface area contributed by atoms with Crippen molar-refractivity contribution in [1.29, 1.82) is 0 Å². The van der Waals surface area contributed by atoms with E-state index in [9.17, 15) is 4.79 Å². The second-order valence-corrected chi connectivity index (χ2v) is 5.40. The lowest BCUT2D eigenvalue weighted by Gasteiger charge is -2.17. The molecule has 0 saturated carbocycles. The van der Waals surface area contributed by atoms with Gasteiger partial charge < -0.3 is 9.42 Å². The van der Waals surface area contributed by atoms with Crippen molar-refractivity contribution in [3.05, 3.63) is 51.3 Å². The number of rotatable bonds is 3. The van der Waals surface area contributed by atoms with Gasteiger partial charge in [0, 0.05) is 18.1 Å². The second kappa shape index (κ2) is 5.57. The molecule has 0 spiro atoms. The van der Waals surface area contributed by atoms with Gasteiger partial charge in [-0.3, -0.25) is 4.79 Å². The maximum Gasteiger partial charge on any atom is 0.259 e. The van der Waals surface area contributed by atoms with Gasteiger partial charge in [0.05, 0.1) is 5.69 Å². The summed E-state index contributed by atoms with van der Waals surface area (Å²) >= 11 is 3.39. The van der Waals surface area contributed by atoms with Gasteiger partial charge >= 0.3 is 0 Å². The van der Waals surface area contributed by atoms with Gasteiger partial charge in [-0.2, -0.15) is 0 Å². The van der Waals surface area contributed by atoms with Crippen LogP contribution in [-0.2, 0) is 6.54 Å². The minimum absolute atomic E-state index is 0.0702. The van der Waals surface area contributed by atoms with Crippen LogP contribution in [0.1, 0.15) is 27.4 Å². The minimum Gasteiger partial charge on any atom is -0.361 e. The number of nitrogens with zero attached hydrogens (tertiary/aromatic N) is 2. The fourth-order valence-electron chi connectivity index (χ4n) is 1.91. The number of carbonyl (C=O) groups excluding carboxylic acids is 1. The van der Waals surface area contributed by atoms with Crippen LogP contribution in [0.4, 0.5) is 0 Å². The maximum absolute atomic E-state index is 12.3. The number of hydrogen-bond donors (Lipinski definition) is 0. The van der Waals surface area contributed by atoms with E-state index in [1.54, 1.807) is 25.8 Å². The molecule has 1 aromatic heterocycles. The predicted molar refractivity (Wildman–Crippen MR) is 75.9 cm³/mol. The molecule has 0 fully saturated rings. The van der Waals surface area contributed by atoms with Gasteiger partial charge in [-0.05, 0) is 31.5 Å². The van der Waals surface area contributed by atoms with Crippen LogP contribution in [0.2, 0.25) is 0 Å². The molecule has 0 unspecified atom stereocenters. The van der Waals surface area contributed by atoms with E-state index in [0.29, 0.717) is 23.6 Å². The van der Waals surface area contributed by atoms with Gasteiger partial charge in [0.25, 0.3) is 5.91 Å². The molecule has 0 saturated heterocycles. The zero-order valence-electron chi connectivity index (χ0n) is 11.1. The lowest BCUT2D eigenvalue weighted by atomic mass is 10.1. The monoisotopic (exact) mass is 322 g/mol. The highest BCUT2D eigenvalue weighted by atomic mass is 79.9. The number of carbonyl (C=O) groups is 1. The SMILES string of the molecule is Cc1noc(C)c1C(=O)N(C)Cc1ccc(Br)cc1. The highest BCUT2D eigenvalue weighted by Crippen LogP contribution is 2.17. The first-order valence-electron chi connectivity index (χ1n) is 5.92. The Bertz CT molecular complexity index is 570. The topological polar surface area (TPSA) is 46.3 Å². The molecule has 0 radical (unpaired) electrons. The molecule has 0 N–H and O–H groups in total. The van der Waals surface area contributed by atoms with E-state index in [0.717, 1.165) is 10.0 Å². The predicted octanol–water partition coefficient (Wildman–Crippen LogP) is 3.33. The summed E-state index contributed by atoms with van der Waals surface area (Å²) in [4.78, 5) is 14.0. The van der Waals surface area contributed by atoms with E-state index in [1.807, 2.05) is 24.3 Å². The van der Waals surface area contributed by atoms with Crippen LogP contribution >= 0.6 is 15.9 Å². The number of amides is 1. The van der Waals surface area contributed by atoms with Gasteiger partial charge in [-0.25, -0.2) is 0 Å². The fraction of sp³-hybridized carbons (Fsp3) is 0.286. The first-order chi connectivity index (χ1) is 8.99. The maximum atomic E-state index is 12.3. The lowest BCUT2D eigenvalue weighted by Crippen LogP contribution is -2.27. The first kappa shape index (κ1) is 13.8. The van der Waals surface area contributed by atoms with Crippen molar-refractivity contribution in [3.63, 3.8) is 0 Å². The molecule has 2 aromatic rings. The molecule has 0 aliphatic carbocycles. The van der Waals surface area contributed by atoms with Gasteiger partial charge in [0.2, 0.25) is 0 Å². The summed E-state index contributed by atoms with van der Waals surface area (Å²) < 4.78 is 6.05. The third-order valence-corrected chi connectivity index (χ3v) is 3.46. The van der Waals surface area contributed by atoms with Crippen LogP contribution in [0.3, 0.4) is 0 Å². The number of benzene rings is 1. The summed E-state index contributed by atoms with van der Waals surface area (Å²) in [6, 6.07) is 7.90. The third-order valence-electron chi connectivity index (χ3n) is 2.93. The molecule has 1 heterocycles. The average Bonchev–Trinajstić information content (AvgIpc) is 2.71. The van der Waals surface area contributed by atoms with Crippen LogP contribution in [-0.4, -0.2) is 23.0 Å². The van der Waals surface area contributed by atoms with Crippen LogP contribution in [0.15, 0.2) is 33.3 Å². The summed E-state index contributed by atoms with van der Waals surface area (Å²) in [6.07, 6.45) is 0.